The zero-order valence-corrected chi connectivity index (χ0v) is 18.3. The number of aromatic nitrogens is 1. The number of Topliss-reactive ketones (excluding diaryl/α,β-unsaturated/α-hetero) is 1. The molecule has 6 nitrogen and oxygen atoms in total. The molecule has 4 heterocycles. The number of pyridine rings is 1. The van der Waals surface area contributed by atoms with Crippen LogP contribution in [0.25, 0.3) is 0 Å². The first-order valence-electron chi connectivity index (χ1n) is 10.7. The molecular formula is C25H23N3O3S. The van der Waals surface area contributed by atoms with Gasteiger partial charge in [0.25, 0.3) is 5.91 Å². The number of carbonyl (C=O) groups excluding carboxylic acids is 2. The number of hydrogen-bond donors (Lipinski definition) is 1. The fraction of sp³-hybridized carbons (Fsp3) is 0.240. The lowest BCUT2D eigenvalue weighted by molar-refractivity contribution is -0.117. The average Bonchev–Trinajstić information content (AvgIpc) is 3.47. The van der Waals surface area contributed by atoms with E-state index in [2.05, 4.69) is 9.88 Å². The highest BCUT2D eigenvalue weighted by molar-refractivity contribution is 7.12. The van der Waals surface area contributed by atoms with Gasteiger partial charge in [0, 0.05) is 36.9 Å². The second-order valence-corrected chi connectivity index (χ2v) is 8.94. The predicted molar refractivity (Wildman–Crippen MR) is 125 cm³/mol. The number of benzene rings is 1. The molecule has 1 amide bonds. The summed E-state index contributed by atoms with van der Waals surface area (Å²) in [5, 5.41) is 12.6. The van der Waals surface area contributed by atoms with Gasteiger partial charge >= 0.3 is 0 Å². The van der Waals surface area contributed by atoms with Crippen LogP contribution in [0.5, 0.6) is 0 Å². The Hall–Kier alpha value is -3.45. The van der Waals surface area contributed by atoms with Gasteiger partial charge in [0.1, 0.15) is 0 Å². The fourth-order valence-corrected chi connectivity index (χ4v) is 5.15. The smallest absolute Gasteiger partial charge is 0.294 e. The molecule has 1 atom stereocenters. The maximum atomic E-state index is 13.3. The van der Waals surface area contributed by atoms with E-state index in [1.54, 1.807) is 36.0 Å². The van der Waals surface area contributed by atoms with Crippen LogP contribution in [0.3, 0.4) is 0 Å². The van der Waals surface area contributed by atoms with Crippen molar-refractivity contribution in [3.8, 4) is 0 Å². The third kappa shape index (κ3) is 3.58. The number of piperidine rings is 1. The molecule has 0 spiro atoms. The van der Waals surface area contributed by atoms with Crippen LogP contribution in [0.2, 0.25) is 0 Å². The molecule has 32 heavy (non-hydrogen) atoms. The lowest BCUT2D eigenvalue weighted by Crippen LogP contribution is -2.31. The van der Waals surface area contributed by atoms with E-state index >= 15 is 0 Å². The predicted octanol–water partition coefficient (Wildman–Crippen LogP) is 4.92. The Kier molecular flexibility index (Phi) is 5.49. The first-order valence-corrected chi connectivity index (χ1v) is 11.6. The van der Waals surface area contributed by atoms with Crippen molar-refractivity contribution in [2.75, 3.05) is 22.9 Å². The molecule has 0 radical (unpaired) electrons. The van der Waals surface area contributed by atoms with Crippen molar-refractivity contribution in [1.29, 1.82) is 0 Å². The summed E-state index contributed by atoms with van der Waals surface area (Å²) in [5.41, 5.74) is 2.51. The first kappa shape index (κ1) is 20.5. The van der Waals surface area contributed by atoms with E-state index in [1.165, 1.54) is 35.5 Å². The second kappa shape index (κ2) is 8.59. The molecule has 5 rings (SSSR count). The van der Waals surface area contributed by atoms with E-state index in [4.69, 9.17) is 0 Å². The molecular weight excluding hydrogens is 422 g/mol. The molecule has 0 bridgehead atoms. The van der Waals surface area contributed by atoms with Gasteiger partial charge < -0.3 is 10.0 Å². The van der Waals surface area contributed by atoms with Crippen LogP contribution in [-0.4, -0.2) is 34.9 Å². The summed E-state index contributed by atoms with van der Waals surface area (Å²) >= 11 is 1.29. The van der Waals surface area contributed by atoms with Crippen LogP contribution in [0, 0.1) is 0 Å². The molecule has 1 N–H and O–H groups in total. The Morgan fingerprint density at radius 2 is 1.75 bits per heavy atom. The SMILES string of the molecule is O=C(C1=C(O)C(=O)N(c2ccc(N3CCCCC3)cc2)C1c1cccnc1)c1cccs1. The minimum absolute atomic E-state index is 0.0885. The molecule has 0 saturated carbocycles. The Labute approximate surface area is 190 Å². The Bertz CT molecular complexity index is 1150. The molecule has 7 heteroatoms. The Morgan fingerprint density at radius 3 is 2.41 bits per heavy atom. The van der Waals surface area contributed by atoms with Crippen LogP contribution in [0.1, 0.15) is 40.5 Å². The number of hydrogen-bond acceptors (Lipinski definition) is 6. The molecule has 1 aromatic carbocycles. The normalized spacial score (nSPS) is 19.0. The molecule has 0 aliphatic carbocycles. The Balaban J connectivity index is 1.54. The van der Waals surface area contributed by atoms with E-state index in [9.17, 15) is 14.7 Å². The van der Waals surface area contributed by atoms with E-state index in [0.29, 0.717) is 16.1 Å². The number of aliphatic hydroxyl groups is 1. The maximum Gasteiger partial charge on any atom is 0.294 e. The second-order valence-electron chi connectivity index (χ2n) is 8.00. The van der Waals surface area contributed by atoms with Gasteiger partial charge in [-0.2, -0.15) is 0 Å². The first-order chi connectivity index (χ1) is 15.6. The highest BCUT2D eigenvalue weighted by atomic mass is 32.1. The van der Waals surface area contributed by atoms with Crippen molar-refractivity contribution >= 4 is 34.4 Å². The molecule has 2 aliphatic rings. The van der Waals surface area contributed by atoms with Gasteiger partial charge in [-0.15, -0.1) is 11.3 Å². The molecule has 1 saturated heterocycles. The van der Waals surface area contributed by atoms with Crippen LogP contribution in [0.15, 0.2) is 77.6 Å². The van der Waals surface area contributed by atoms with Crippen molar-refractivity contribution in [2.45, 2.75) is 25.3 Å². The molecule has 3 aromatic rings. The molecule has 2 aromatic heterocycles. The van der Waals surface area contributed by atoms with Crippen molar-refractivity contribution in [3.63, 3.8) is 0 Å². The highest BCUT2D eigenvalue weighted by Gasteiger charge is 2.45. The van der Waals surface area contributed by atoms with E-state index in [1.807, 2.05) is 30.3 Å². The van der Waals surface area contributed by atoms with Crippen LogP contribution >= 0.6 is 11.3 Å². The summed E-state index contributed by atoms with van der Waals surface area (Å²) in [6.45, 7) is 2.06. The number of thiophene rings is 1. The summed E-state index contributed by atoms with van der Waals surface area (Å²) in [7, 11) is 0. The number of carbonyl (C=O) groups is 2. The standard InChI is InChI=1S/C25H23N3O3S/c29-23(20-7-5-15-32-20)21-22(17-6-4-12-26-16-17)28(25(31)24(21)30)19-10-8-18(9-11-19)27-13-2-1-3-14-27/h4-12,15-16,22,30H,1-3,13-14H2. The number of nitrogens with zero attached hydrogens (tertiary/aromatic N) is 3. The van der Waals surface area contributed by atoms with Crippen molar-refractivity contribution < 1.29 is 14.7 Å². The summed E-state index contributed by atoms with van der Waals surface area (Å²) in [5.74, 6) is -1.42. The van der Waals surface area contributed by atoms with Crippen molar-refractivity contribution in [1.82, 2.24) is 4.98 Å². The zero-order valence-electron chi connectivity index (χ0n) is 17.5. The summed E-state index contributed by atoms with van der Waals surface area (Å²) in [6.07, 6.45) is 6.90. The van der Waals surface area contributed by atoms with E-state index in [0.717, 1.165) is 18.8 Å². The number of aliphatic hydroxyl groups excluding tert-OH is 1. The van der Waals surface area contributed by atoms with Gasteiger partial charge in [-0.1, -0.05) is 12.1 Å². The topological polar surface area (TPSA) is 73.7 Å². The average molecular weight is 446 g/mol. The largest absolute Gasteiger partial charge is 0.503 e. The third-order valence-corrected chi connectivity index (χ3v) is 6.92. The number of ketones is 1. The van der Waals surface area contributed by atoms with E-state index in [-0.39, 0.29) is 11.4 Å². The molecule has 2 aliphatic heterocycles. The van der Waals surface area contributed by atoms with E-state index < -0.39 is 17.7 Å². The lowest BCUT2D eigenvalue weighted by atomic mass is 9.96. The summed E-state index contributed by atoms with van der Waals surface area (Å²) < 4.78 is 0. The third-order valence-electron chi connectivity index (χ3n) is 6.05. The van der Waals surface area contributed by atoms with Gasteiger partial charge in [0.15, 0.2) is 5.76 Å². The van der Waals surface area contributed by atoms with Gasteiger partial charge in [0.2, 0.25) is 5.78 Å². The minimum Gasteiger partial charge on any atom is -0.503 e. The monoisotopic (exact) mass is 445 g/mol. The van der Waals surface area contributed by atoms with Crippen molar-refractivity contribution in [3.05, 3.63) is 88.1 Å². The van der Waals surface area contributed by atoms with Gasteiger partial charge in [0.05, 0.1) is 16.5 Å². The number of rotatable bonds is 5. The van der Waals surface area contributed by atoms with Crippen LogP contribution in [0.4, 0.5) is 11.4 Å². The fourth-order valence-electron chi connectivity index (χ4n) is 4.47. The molecule has 1 unspecified atom stereocenters. The van der Waals surface area contributed by atoms with Gasteiger partial charge in [-0.25, -0.2) is 0 Å². The number of anilines is 2. The van der Waals surface area contributed by atoms with Gasteiger partial charge in [-0.3, -0.25) is 19.5 Å². The maximum absolute atomic E-state index is 13.3. The van der Waals surface area contributed by atoms with Crippen molar-refractivity contribution in [2.24, 2.45) is 0 Å². The number of amides is 1. The quantitative estimate of drug-likeness (QED) is 0.565. The summed E-state index contributed by atoms with van der Waals surface area (Å²) in [4.78, 5) is 35.0. The molecule has 1 fully saturated rings. The van der Waals surface area contributed by atoms with Gasteiger partial charge in [-0.05, 0) is 66.6 Å². The highest BCUT2D eigenvalue weighted by Crippen LogP contribution is 2.42. The van der Waals surface area contributed by atoms with Crippen LogP contribution in [-0.2, 0) is 4.79 Å². The molecule has 162 valence electrons. The zero-order chi connectivity index (χ0) is 22.1. The van der Waals surface area contributed by atoms with Crippen LogP contribution < -0.4 is 9.80 Å². The lowest BCUT2D eigenvalue weighted by Gasteiger charge is -2.30. The summed E-state index contributed by atoms with van der Waals surface area (Å²) in [6, 6.07) is 14.1. The Morgan fingerprint density at radius 1 is 1.00 bits per heavy atom. The minimum atomic E-state index is -0.744.